The van der Waals surface area contributed by atoms with Crippen molar-refractivity contribution < 1.29 is 4.92 Å². The first-order valence-corrected chi connectivity index (χ1v) is 7.47. The summed E-state index contributed by atoms with van der Waals surface area (Å²) in [5, 5.41) is 10.9. The summed E-state index contributed by atoms with van der Waals surface area (Å²) in [6, 6.07) is 13.3. The summed E-state index contributed by atoms with van der Waals surface area (Å²) >= 11 is 5.00. The topological polar surface area (TPSA) is 43.1 Å². The van der Waals surface area contributed by atoms with E-state index in [2.05, 4.69) is 35.0 Å². The van der Waals surface area contributed by atoms with E-state index in [9.17, 15) is 10.1 Å². The van der Waals surface area contributed by atoms with E-state index in [-0.39, 0.29) is 10.6 Å². The van der Waals surface area contributed by atoms with Crippen molar-refractivity contribution in [3.8, 4) is 0 Å². The van der Waals surface area contributed by atoms with Crippen LogP contribution in [0.15, 0.2) is 51.8 Å². The van der Waals surface area contributed by atoms with Crippen LogP contribution in [0.4, 0.5) is 5.69 Å². The highest BCUT2D eigenvalue weighted by Crippen LogP contribution is 2.33. The van der Waals surface area contributed by atoms with E-state index < -0.39 is 0 Å². The molecule has 0 N–H and O–H groups in total. The Morgan fingerprint density at radius 1 is 1.21 bits per heavy atom. The molecule has 0 radical (unpaired) electrons. The molecule has 3 nitrogen and oxygen atoms in total. The third-order valence-electron chi connectivity index (χ3n) is 2.73. The Labute approximate surface area is 124 Å². The summed E-state index contributed by atoms with van der Waals surface area (Å²) in [5.74, 6) is 0.702. The highest BCUT2D eigenvalue weighted by Gasteiger charge is 2.14. The van der Waals surface area contributed by atoms with Gasteiger partial charge in [-0.25, -0.2) is 0 Å². The summed E-state index contributed by atoms with van der Waals surface area (Å²) in [6.07, 6.45) is 0. The van der Waals surface area contributed by atoms with Crippen LogP contribution in [-0.2, 0) is 5.75 Å². The number of benzene rings is 2. The molecule has 0 saturated heterocycles. The van der Waals surface area contributed by atoms with Crippen LogP contribution < -0.4 is 0 Å². The zero-order valence-corrected chi connectivity index (χ0v) is 12.7. The monoisotopic (exact) mass is 337 g/mol. The molecule has 98 valence electrons. The van der Waals surface area contributed by atoms with Crippen LogP contribution in [0.1, 0.15) is 11.1 Å². The fraction of sp³-hybridized carbons (Fsp3) is 0.143. The number of halogens is 1. The Bertz CT molecular complexity index is 616. The summed E-state index contributed by atoms with van der Waals surface area (Å²) in [6.45, 7) is 2.06. The molecule has 2 aromatic carbocycles. The average molecular weight is 338 g/mol. The smallest absolute Gasteiger partial charge is 0.258 e. The zero-order valence-electron chi connectivity index (χ0n) is 10.3. The second kappa shape index (κ2) is 6.21. The molecule has 2 aromatic rings. The number of nitrogens with zero attached hydrogens (tertiary/aromatic N) is 1. The van der Waals surface area contributed by atoms with Crippen LogP contribution in [0.25, 0.3) is 0 Å². The van der Waals surface area contributed by atoms with Crippen molar-refractivity contribution in [2.75, 3.05) is 0 Å². The first-order chi connectivity index (χ1) is 9.09. The highest BCUT2D eigenvalue weighted by molar-refractivity contribution is 9.10. The molecule has 5 heteroatoms. The molecule has 0 aromatic heterocycles. The maximum Gasteiger partial charge on any atom is 0.283 e. The molecule has 0 aliphatic heterocycles. The number of hydrogen-bond acceptors (Lipinski definition) is 3. The predicted octanol–water partition coefficient (Wildman–Crippen LogP) is 4.96. The van der Waals surface area contributed by atoms with Gasteiger partial charge >= 0.3 is 0 Å². The van der Waals surface area contributed by atoms with Gasteiger partial charge in [-0.2, -0.15) is 0 Å². The molecule has 0 atom stereocenters. The van der Waals surface area contributed by atoms with Crippen molar-refractivity contribution in [3.63, 3.8) is 0 Å². The fourth-order valence-corrected chi connectivity index (χ4v) is 3.45. The average Bonchev–Trinajstić information content (AvgIpc) is 2.39. The molecule has 19 heavy (non-hydrogen) atoms. The SMILES string of the molecule is Cc1ccccc1SCc1cccc([N+](=O)[O-])c1Br. The lowest BCUT2D eigenvalue weighted by Gasteiger charge is -2.07. The molecule has 2 rings (SSSR count). The lowest BCUT2D eigenvalue weighted by Crippen LogP contribution is -1.92. The first kappa shape index (κ1) is 14.1. The Morgan fingerprint density at radius 3 is 2.63 bits per heavy atom. The second-order valence-corrected chi connectivity index (χ2v) is 5.87. The summed E-state index contributed by atoms with van der Waals surface area (Å²) in [5.41, 5.74) is 2.26. The maximum absolute atomic E-state index is 10.9. The zero-order chi connectivity index (χ0) is 13.8. The van der Waals surface area contributed by atoms with E-state index in [1.165, 1.54) is 16.5 Å². The van der Waals surface area contributed by atoms with Gasteiger partial charge in [-0.05, 0) is 40.0 Å². The van der Waals surface area contributed by atoms with Gasteiger partial charge in [-0.1, -0.05) is 30.3 Å². The van der Waals surface area contributed by atoms with Gasteiger partial charge < -0.3 is 0 Å². The minimum Gasteiger partial charge on any atom is -0.258 e. The van der Waals surface area contributed by atoms with Crippen molar-refractivity contribution in [1.82, 2.24) is 0 Å². The molecule has 0 fully saturated rings. The molecule has 0 saturated carbocycles. The lowest BCUT2D eigenvalue weighted by atomic mass is 10.2. The Balaban J connectivity index is 2.19. The Morgan fingerprint density at radius 2 is 1.95 bits per heavy atom. The predicted molar refractivity (Wildman–Crippen MR) is 81.5 cm³/mol. The van der Waals surface area contributed by atoms with Gasteiger partial charge in [-0.15, -0.1) is 11.8 Å². The number of hydrogen-bond donors (Lipinski definition) is 0. The molecular formula is C14H12BrNO2S. The maximum atomic E-state index is 10.9. The van der Waals surface area contributed by atoms with Crippen molar-refractivity contribution in [2.24, 2.45) is 0 Å². The van der Waals surface area contributed by atoms with Crippen LogP contribution >= 0.6 is 27.7 Å². The molecule has 0 aliphatic carbocycles. The van der Waals surface area contributed by atoms with E-state index in [1.54, 1.807) is 17.8 Å². The van der Waals surface area contributed by atoms with Gasteiger partial charge in [-0.3, -0.25) is 10.1 Å². The molecule has 0 amide bonds. The third-order valence-corrected chi connectivity index (χ3v) is 4.87. The van der Waals surface area contributed by atoms with E-state index in [1.807, 2.05) is 18.2 Å². The van der Waals surface area contributed by atoms with Crippen LogP contribution in [0.3, 0.4) is 0 Å². The normalized spacial score (nSPS) is 10.4. The van der Waals surface area contributed by atoms with E-state index in [4.69, 9.17) is 0 Å². The number of rotatable bonds is 4. The van der Waals surface area contributed by atoms with Gasteiger partial charge in [0.25, 0.3) is 5.69 Å². The van der Waals surface area contributed by atoms with Crippen LogP contribution in [-0.4, -0.2) is 4.92 Å². The lowest BCUT2D eigenvalue weighted by molar-refractivity contribution is -0.385. The van der Waals surface area contributed by atoms with Crippen molar-refractivity contribution in [1.29, 1.82) is 0 Å². The molecule has 0 aliphatic rings. The van der Waals surface area contributed by atoms with Crippen LogP contribution in [0, 0.1) is 17.0 Å². The standard InChI is InChI=1S/C14H12BrNO2S/c1-10-5-2-3-8-13(10)19-9-11-6-4-7-12(14(11)15)16(17)18/h2-8H,9H2,1H3. The molecule has 0 spiro atoms. The van der Waals surface area contributed by atoms with E-state index in [0.717, 1.165) is 5.56 Å². The molecule has 0 bridgehead atoms. The van der Waals surface area contributed by atoms with Crippen molar-refractivity contribution in [2.45, 2.75) is 17.6 Å². The highest BCUT2D eigenvalue weighted by atomic mass is 79.9. The van der Waals surface area contributed by atoms with Gasteiger partial charge in [0.2, 0.25) is 0 Å². The molecule has 0 heterocycles. The first-order valence-electron chi connectivity index (χ1n) is 5.70. The number of nitro groups is 1. The third kappa shape index (κ3) is 3.36. The summed E-state index contributed by atoms with van der Waals surface area (Å²) in [7, 11) is 0. The summed E-state index contributed by atoms with van der Waals surface area (Å²) < 4.78 is 0.570. The van der Waals surface area contributed by atoms with Crippen molar-refractivity contribution in [3.05, 3.63) is 68.2 Å². The molecular weight excluding hydrogens is 326 g/mol. The number of thioether (sulfide) groups is 1. The van der Waals surface area contributed by atoms with Gasteiger partial charge in [0.05, 0.1) is 9.40 Å². The van der Waals surface area contributed by atoms with E-state index >= 15 is 0 Å². The Hall–Kier alpha value is -1.33. The minimum atomic E-state index is -0.369. The number of nitro benzene ring substituents is 1. The fourth-order valence-electron chi connectivity index (χ4n) is 1.69. The number of aryl methyl sites for hydroxylation is 1. The van der Waals surface area contributed by atoms with Gasteiger partial charge in [0.15, 0.2) is 0 Å². The Kier molecular flexibility index (Phi) is 4.61. The largest absolute Gasteiger partial charge is 0.283 e. The van der Waals surface area contributed by atoms with Crippen LogP contribution in [0.2, 0.25) is 0 Å². The summed E-state index contributed by atoms with van der Waals surface area (Å²) in [4.78, 5) is 11.7. The second-order valence-electron chi connectivity index (χ2n) is 4.06. The molecule has 0 unspecified atom stereocenters. The van der Waals surface area contributed by atoms with Gasteiger partial charge in [0.1, 0.15) is 0 Å². The van der Waals surface area contributed by atoms with E-state index in [0.29, 0.717) is 10.2 Å². The minimum absolute atomic E-state index is 0.114. The van der Waals surface area contributed by atoms with Crippen LogP contribution in [0.5, 0.6) is 0 Å². The van der Waals surface area contributed by atoms with Gasteiger partial charge in [0, 0.05) is 16.7 Å². The quantitative estimate of drug-likeness (QED) is 0.450. The van der Waals surface area contributed by atoms with Crippen molar-refractivity contribution >= 4 is 33.4 Å².